The van der Waals surface area contributed by atoms with E-state index in [-0.39, 0.29) is 24.5 Å². The highest BCUT2D eigenvalue weighted by molar-refractivity contribution is 7.89. The fraction of sp³-hybridized carbons (Fsp3) is 0.375. The number of sulfonamides is 1. The van der Waals surface area contributed by atoms with Crippen molar-refractivity contribution in [2.75, 3.05) is 11.1 Å². The van der Waals surface area contributed by atoms with Crippen molar-refractivity contribution < 1.29 is 37.4 Å². The van der Waals surface area contributed by atoms with E-state index >= 15 is 0 Å². The maximum Gasteiger partial charge on any atom is 0.324 e. The number of hydrogen-bond acceptors (Lipinski definition) is 7. The molecule has 0 aromatic heterocycles. The lowest BCUT2D eigenvalue weighted by Gasteiger charge is -2.25. The first-order valence-corrected chi connectivity index (χ1v) is 12.8. The van der Waals surface area contributed by atoms with Crippen LogP contribution in [0.4, 0.5) is 5.69 Å². The molecular formula is C24H28N2O8S. The Hall–Kier alpha value is -3.44. The zero-order valence-electron chi connectivity index (χ0n) is 19.2. The van der Waals surface area contributed by atoms with Crippen LogP contribution in [0.3, 0.4) is 0 Å². The Morgan fingerprint density at radius 2 is 1.91 bits per heavy atom. The summed E-state index contributed by atoms with van der Waals surface area (Å²) in [7, 11) is -3.74. The first-order chi connectivity index (χ1) is 16.7. The molecule has 0 fully saturated rings. The summed E-state index contributed by atoms with van der Waals surface area (Å²) in [6, 6.07) is 12.5. The lowest BCUT2D eigenvalue weighted by Crippen LogP contribution is -2.44. The number of hydrogen-bond donors (Lipinski definition) is 3. The Bertz CT molecular complexity index is 1170. The molecule has 1 amide bonds. The maximum atomic E-state index is 12.9. The molecule has 10 nitrogen and oxygen atoms in total. The third-order valence-electron chi connectivity index (χ3n) is 5.26. The summed E-state index contributed by atoms with van der Waals surface area (Å²) >= 11 is 0. The number of benzene rings is 2. The largest absolute Gasteiger partial charge is 0.481 e. The van der Waals surface area contributed by atoms with Crippen molar-refractivity contribution in [1.82, 2.24) is 4.72 Å². The van der Waals surface area contributed by atoms with Crippen LogP contribution in [0.1, 0.15) is 37.3 Å². The molecule has 2 aromatic rings. The van der Waals surface area contributed by atoms with Crippen molar-refractivity contribution in [1.29, 1.82) is 0 Å². The number of esters is 1. The summed E-state index contributed by atoms with van der Waals surface area (Å²) < 4.78 is 38.4. The van der Waals surface area contributed by atoms with E-state index in [1.54, 1.807) is 36.4 Å². The minimum absolute atomic E-state index is 0.00802. The first-order valence-electron chi connectivity index (χ1n) is 11.2. The van der Waals surface area contributed by atoms with Crippen molar-refractivity contribution in [3.8, 4) is 5.75 Å². The minimum Gasteiger partial charge on any atom is -0.481 e. The van der Waals surface area contributed by atoms with Crippen LogP contribution < -0.4 is 14.8 Å². The van der Waals surface area contributed by atoms with E-state index in [0.717, 1.165) is 5.56 Å². The van der Waals surface area contributed by atoms with Gasteiger partial charge in [-0.3, -0.25) is 14.4 Å². The van der Waals surface area contributed by atoms with Gasteiger partial charge in [-0.2, -0.15) is 0 Å². The van der Waals surface area contributed by atoms with Crippen LogP contribution in [0.15, 0.2) is 48.5 Å². The molecule has 0 saturated heterocycles. The summed E-state index contributed by atoms with van der Waals surface area (Å²) in [5.74, 6) is -2.33. The van der Waals surface area contributed by atoms with Gasteiger partial charge in [0.15, 0.2) is 6.10 Å². The molecule has 3 N–H and O–H groups in total. The third kappa shape index (κ3) is 7.79. The first kappa shape index (κ1) is 26.2. The molecule has 0 bridgehead atoms. The molecule has 0 radical (unpaired) electrons. The van der Waals surface area contributed by atoms with E-state index in [4.69, 9.17) is 14.6 Å². The van der Waals surface area contributed by atoms with Gasteiger partial charge in [0.1, 0.15) is 18.4 Å². The molecule has 1 aliphatic heterocycles. The minimum atomic E-state index is -3.74. The maximum absolute atomic E-state index is 12.9. The second kappa shape index (κ2) is 11.8. The van der Waals surface area contributed by atoms with Gasteiger partial charge in [0.2, 0.25) is 10.0 Å². The molecule has 35 heavy (non-hydrogen) atoms. The van der Waals surface area contributed by atoms with Gasteiger partial charge in [0.05, 0.1) is 17.9 Å². The summed E-state index contributed by atoms with van der Waals surface area (Å²) in [4.78, 5) is 36.0. The number of carbonyl (C=O) groups is 3. The predicted octanol–water partition coefficient (Wildman–Crippen LogP) is 2.23. The van der Waals surface area contributed by atoms with Crippen molar-refractivity contribution >= 4 is 33.6 Å². The Balaban J connectivity index is 1.76. The Morgan fingerprint density at radius 3 is 2.60 bits per heavy atom. The molecule has 1 unspecified atom stereocenters. The number of carboxylic acid groups (broad SMARTS) is 1. The van der Waals surface area contributed by atoms with E-state index in [1.165, 1.54) is 6.07 Å². The number of amides is 1. The van der Waals surface area contributed by atoms with Gasteiger partial charge >= 0.3 is 11.9 Å². The number of aliphatic carboxylic acids is 1. The Kier molecular flexibility index (Phi) is 8.83. The van der Waals surface area contributed by atoms with Crippen LogP contribution in [0.5, 0.6) is 5.75 Å². The number of unbranched alkanes of at least 4 members (excludes halogenated alkanes) is 1. The fourth-order valence-electron chi connectivity index (χ4n) is 3.47. The lowest BCUT2D eigenvalue weighted by atomic mass is 10.0. The zero-order valence-corrected chi connectivity index (χ0v) is 20.0. The van der Waals surface area contributed by atoms with Crippen LogP contribution in [0, 0.1) is 0 Å². The molecule has 11 heteroatoms. The van der Waals surface area contributed by atoms with Gasteiger partial charge in [-0.1, -0.05) is 49.7 Å². The zero-order chi connectivity index (χ0) is 25.4. The van der Waals surface area contributed by atoms with Crippen molar-refractivity contribution in [3.63, 3.8) is 0 Å². The Labute approximate surface area is 203 Å². The van der Waals surface area contributed by atoms with E-state index < -0.39 is 46.4 Å². The highest BCUT2D eigenvalue weighted by atomic mass is 32.2. The van der Waals surface area contributed by atoms with E-state index in [0.29, 0.717) is 24.1 Å². The quantitative estimate of drug-likeness (QED) is 0.373. The molecule has 2 atom stereocenters. The SMILES string of the molecule is CCCCS(=O)(=O)N[C@@H](Cc1ccc2c(c1)NC(=O)C(CC(=O)O)O2)C(=O)OCc1ccccc1. The molecule has 0 saturated carbocycles. The molecular weight excluding hydrogens is 476 g/mol. The van der Waals surface area contributed by atoms with Crippen LogP contribution >= 0.6 is 0 Å². The number of carbonyl (C=O) groups excluding carboxylic acids is 2. The summed E-state index contributed by atoms with van der Waals surface area (Å²) in [5.41, 5.74) is 1.61. The van der Waals surface area contributed by atoms with E-state index in [1.807, 2.05) is 13.0 Å². The predicted molar refractivity (Wildman–Crippen MR) is 127 cm³/mol. The number of carboxylic acids is 1. The molecule has 0 aliphatic carbocycles. The van der Waals surface area contributed by atoms with Crippen LogP contribution in [-0.2, 0) is 42.2 Å². The van der Waals surface area contributed by atoms with E-state index in [2.05, 4.69) is 10.0 Å². The van der Waals surface area contributed by atoms with Gasteiger partial charge in [-0.05, 0) is 36.1 Å². The molecule has 2 aromatic carbocycles. The number of rotatable bonds is 12. The highest BCUT2D eigenvalue weighted by Crippen LogP contribution is 2.31. The number of nitrogens with one attached hydrogen (secondary N) is 2. The molecule has 188 valence electrons. The molecule has 0 spiro atoms. The summed E-state index contributed by atoms with van der Waals surface area (Å²) in [5, 5.41) is 11.5. The van der Waals surface area contributed by atoms with Gasteiger partial charge in [-0.15, -0.1) is 0 Å². The number of anilines is 1. The standard InChI is InChI=1S/C24H28N2O8S/c1-2-3-11-35(31,32)26-19(24(30)33-15-16-7-5-4-6-8-16)13-17-9-10-20-18(12-17)25-23(29)21(34-20)14-22(27)28/h4-10,12,19,21,26H,2-3,11,13-15H2,1H3,(H,25,29)(H,27,28)/t19-,21?/m0/s1. The molecule has 1 aliphatic rings. The van der Waals surface area contributed by atoms with Crippen LogP contribution in [-0.4, -0.2) is 49.3 Å². The van der Waals surface area contributed by atoms with Gasteiger partial charge in [0, 0.05) is 0 Å². The number of fused-ring (bicyclic) bond motifs is 1. The Morgan fingerprint density at radius 1 is 1.17 bits per heavy atom. The third-order valence-corrected chi connectivity index (χ3v) is 6.73. The normalized spacial score (nSPS) is 15.9. The number of ether oxygens (including phenoxy) is 2. The van der Waals surface area contributed by atoms with Crippen LogP contribution in [0.2, 0.25) is 0 Å². The van der Waals surface area contributed by atoms with Crippen LogP contribution in [0.25, 0.3) is 0 Å². The summed E-state index contributed by atoms with van der Waals surface area (Å²) in [6.45, 7) is 1.86. The lowest BCUT2D eigenvalue weighted by molar-refractivity contribution is -0.147. The second-order valence-electron chi connectivity index (χ2n) is 8.16. The van der Waals surface area contributed by atoms with Crippen molar-refractivity contribution in [2.45, 2.75) is 51.4 Å². The topological polar surface area (TPSA) is 148 Å². The molecule has 3 rings (SSSR count). The average Bonchev–Trinajstić information content (AvgIpc) is 2.81. The van der Waals surface area contributed by atoms with E-state index in [9.17, 15) is 22.8 Å². The highest BCUT2D eigenvalue weighted by Gasteiger charge is 2.31. The van der Waals surface area contributed by atoms with Gasteiger partial charge in [0.25, 0.3) is 5.91 Å². The van der Waals surface area contributed by atoms with Gasteiger partial charge in [-0.25, -0.2) is 13.1 Å². The molecule has 1 heterocycles. The monoisotopic (exact) mass is 504 g/mol. The van der Waals surface area contributed by atoms with Crippen molar-refractivity contribution in [2.24, 2.45) is 0 Å². The fourth-order valence-corrected chi connectivity index (χ4v) is 4.87. The average molecular weight is 505 g/mol. The summed E-state index contributed by atoms with van der Waals surface area (Å²) in [6.07, 6.45) is -0.544. The smallest absolute Gasteiger partial charge is 0.324 e. The second-order valence-corrected chi connectivity index (χ2v) is 10.0. The van der Waals surface area contributed by atoms with Crippen molar-refractivity contribution in [3.05, 3.63) is 59.7 Å². The van der Waals surface area contributed by atoms with Gasteiger partial charge < -0.3 is 19.9 Å².